The maximum Gasteiger partial charge on any atom is 0.226 e. The lowest BCUT2D eigenvalue weighted by Gasteiger charge is -2.05. The lowest BCUT2D eigenvalue weighted by Crippen LogP contribution is -2.13. The van der Waals surface area contributed by atoms with Crippen molar-refractivity contribution in [1.82, 2.24) is 10.2 Å². The predicted octanol–water partition coefficient (Wildman–Crippen LogP) is 4.10. The first-order chi connectivity index (χ1) is 10.6. The molecular formula is C15H19N3O2S2. The summed E-state index contributed by atoms with van der Waals surface area (Å²) in [6.07, 6.45) is 2.39. The van der Waals surface area contributed by atoms with Crippen LogP contribution in [0.1, 0.15) is 60.1 Å². The van der Waals surface area contributed by atoms with E-state index in [1.165, 1.54) is 22.7 Å². The Kier molecular flexibility index (Phi) is 6.21. The number of hydrogen-bond acceptors (Lipinski definition) is 6. The minimum atomic E-state index is -0.197. The highest BCUT2D eigenvalue weighted by atomic mass is 32.1. The van der Waals surface area contributed by atoms with Crippen LogP contribution in [0.25, 0.3) is 0 Å². The van der Waals surface area contributed by atoms with Crippen LogP contribution in [-0.4, -0.2) is 21.9 Å². The first-order valence-electron chi connectivity index (χ1n) is 7.34. The molecule has 0 aromatic carbocycles. The van der Waals surface area contributed by atoms with Gasteiger partial charge in [0.15, 0.2) is 5.78 Å². The summed E-state index contributed by atoms with van der Waals surface area (Å²) >= 11 is 2.81. The molecule has 22 heavy (non-hydrogen) atoms. The Labute approximate surface area is 137 Å². The summed E-state index contributed by atoms with van der Waals surface area (Å²) in [5.74, 6) is 0.195. The minimum absolute atomic E-state index is 0.000123. The summed E-state index contributed by atoms with van der Waals surface area (Å²) in [6, 6.07) is 3.61. The second kappa shape index (κ2) is 8.14. The molecule has 0 atom stereocenters. The SMILES string of the molecule is CCC(CC)c1nnc(NC(=O)CCC(=O)c2cccs2)s1. The monoisotopic (exact) mass is 337 g/mol. The first kappa shape index (κ1) is 16.8. The third-order valence-electron chi connectivity index (χ3n) is 3.40. The molecule has 0 aliphatic heterocycles. The molecule has 1 N–H and O–H groups in total. The van der Waals surface area contributed by atoms with Crippen molar-refractivity contribution in [3.05, 3.63) is 27.4 Å². The van der Waals surface area contributed by atoms with Crippen LogP contribution in [0.3, 0.4) is 0 Å². The smallest absolute Gasteiger partial charge is 0.226 e. The molecular weight excluding hydrogens is 318 g/mol. The summed E-state index contributed by atoms with van der Waals surface area (Å²) in [7, 11) is 0. The second-order valence-electron chi connectivity index (χ2n) is 4.91. The van der Waals surface area contributed by atoms with Gasteiger partial charge in [0.1, 0.15) is 5.01 Å². The van der Waals surface area contributed by atoms with E-state index in [2.05, 4.69) is 29.4 Å². The number of amides is 1. The number of nitrogens with zero attached hydrogens (tertiary/aromatic N) is 2. The fourth-order valence-electron chi connectivity index (χ4n) is 2.06. The van der Waals surface area contributed by atoms with E-state index >= 15 is 0 Å². The van der Waals surface area contributed by atoms with Crippen LogP contribution in [0.15, 0.2) is 17.5 Å². The van der Waals surface area contributed by atoms with E-state index in [-0.39, 0.29) is 24.5 Å². The van der Waals surface area contributed by atoms with Crippen molar-refractivity contribution in [2.75, 3.05) is 5.32 Å². The Bertz CT molecular complexity index is 619. The molecule has 0 spiro atoms. The van der Waals surface area contributed by atoms with Crippen LogP contribution in [-0.2, 0) is 4.79 Å². The van der Waals surface area contributed by atoms with Crippen molar-refractivity contribution in [2.24, 2.45) is 0 Å². The van der Waals surface area contributed by atoms with Crippen LogP contribution in [0.5, 0.6) is 0 Å². The van der Waals surface area contributed by atoms with Crippen molar-refractivity contribution >= 4 is 39.5 Å². The van der Waals surface area contributed by atoms with Gasteiger partial charge in [0.25, 0.3) is 0 Å². The van der Waals surface area contributed by atoms with E-state index in [1.54, 1.807) is 6.07 Å². The highest BCUT2D eigenvalue weighted by Gasteiger charge is 2.15. The van der Waals surface area contributed by atoms with Gasteiger partial charge in [-0.1, -0.05) is 31.3 Å². The number of thiophene rings is 1. The van der Waals surface area contributed by atoms with Crippen LogP contribution < -0.4 is 5.32 Å². The molecule has 0 aliphatic rings. The third-order valence-corrected chi connectivity index (χ3v) is 5.31. The Morgan fingerprint density at radius 3 is 2.64 bits per heavy atom. The Morgan fingerprint density at radius 1 is 1.23 bits per heavy atom. The van der Waals surface area contributed by atoms with E-state index in [4.69, 9.17) is 0 Å². The zero-order chi connectivity index (χ0) is 15.9. The number of Topliss-reactive ketones (excluding diaryl/α,β-unsaturated/α-hetero) is 1. The van der Waals surface area contributed by atoms with Crippen LogP contribution in [0.2, 0.25) is 0 Å². The molecule has 2 aromatic rings. The van der Waals surface area contributed by atoms with Crippen molar-refractivity contribution in [1.29, 1.82) is 0 Å². The Balaban J connectivity index is 1.83. The second-order valence-corrected chi connectivity index (χ2v) is 6.86. The quantitative estimate of drug-likeness (QED) is 0.736. The Morgan fingerprint density at radius 2 is 2.00 bits per heavy atom. The van der Waals surface area contributed by atoms with Crippen LogP contribution in [0, 0.1) is 0 Å². The third kappa shape index (κ3) is 4.45. The van der Waals surface area contributed by atoms with Gasteiger partial charge in [-0.3, -0.25) is 9.59 Å². The zero-order valence-corrected chi connectivity index (χ0v) is 14.3. The molecule has 2 aromatic heterocycles. The van der Waals surface area contributed by atoms with Crippen molar-refractivity contribution in [3.63, 3.8) is 0 Å². The average molecular weight is 337 g/mol. The molecule has 2 rings (SSSR count). The summed E-state index contributed by atoms with van der Waals surface area (Å²) in [6.45, 7) is 4.23. The summed E-state index contributed by atoms with van der Waals surface area (Å²) in [5, 5.41) is 14.2. The number of carbonyl (C=O) groups excluding carboxylic acids is 2. The van der Waals surface area contributed by atoms with Gasteiger partial charge >= 0.3 is 0 Å². The maximum absolute atomic E-state index is 11.9. The van der Waals surface area contributed by atoms with Gasteiger partial charge in [0.2, 0.25) is 11.0 Å². The summed E-state index contributed by atoms with van der Waals surface area (Å²) < 4.78 is 0. The van der Waals surface area contributed by atoms with Crippen molar-refractivity contribution < 1.29 is 9.59 Å². The molecule has 2 heterocycles. The molecule has 5 nitrogen and oxygen atoms in total. The fraction of sp³-hybridized carbons (Fsp3) is 0.467. The Hall–Kier alpha value is -1.60. The van der Waals surface area contributed by atoms with Crippen molar-refractivity contribution in [3.8, 4) is 0 Å². The molecule has 0 saturated carbocycles. The molecule has 0 radical (unpaired) electrons. The van der Waals surface area contributed by atoms with Gasteiger partial charge in [0.05, 0.1) is 4.88 Å². The van der Waals surface area contributed by atoms with E-state index in [0.29, 0.717) is 15.9 Å². The number of rotatable bonds is 8. The molecule has 1 amide bonds. The largest absolute Gasteiger partial charge is 0.301 e. The highest BCUT2D eigenvalue weighted by Crippen LogP contribution is 2.28. The molecule has 0 saturated heterocycles. The van der Waals surface area contributed by atoms with Gasteiger partial charge in [-0.05, 0) is 24.3 Å². The molecule has 118 valence electrons. The number of anilines is 1. The van der Waals surface area contributed by atoms with E-state index in [1.807, 2.05) is 11.4 Å². The van der Waals surface area contributed by atoms with Gasteiger partial charge < -0.3 is 5.32 Å². The van der Waals surface area contributed by atoms with Gasteiger partial charge in [0, 0.05) is 18.8 Å². The number of carbonyl (C=O) groups is 2. The minimum Gasteiger partial charge on any atom is -0.301 e. The fourth-order valence-corrected chi connectivity index (χ4v) is 3.78. The topological polar surface area (TPSA) is 72.0 Å². The average Bonchev–Trinajstić information content (AvgIpc) is 3.18. The van der Waals surface area contributed by atoms with Crippen LogP contribution >= 0.6 is 22.7 Å². The van der Waals surface area contributed by atoms with E-state index in [9.17, 15) is 9.59 Å². The lowest BCUT2D eigenvalue weighted by molar-refractivity contribution is -0.116. The van der Waals surface area contributed by atoms with Gasteiger partial charge in [-0.25, -0.2) is 0 Å². The summed E-state index contributed by atoms with van der Waals surface area (Å²) in [5.41, 5.74) is 0. The molecule has 0 aliphatic carbocycles. The normalized spacial score (nSPS) is 10.9. The summed E-state index contributed by atoms with van der Waals surface area (Å²) in [4.78, 5) is 24.4. The number of hydrogen-bond donors (Lipinski definition) is 1. The maximum atomic E-state index is 11.9. The van der Waals surface area contributed by atoms with Crippen molar-refractivity contribution in [2.45, 2.75) is 45.4 Å². The molecule has 7 heteroatoms. The molecule has 0 bridgehead atoms. The lowest BCUT2D eigenvalue weighted by atomic mass is 10.1. The molecule has 0 fully saturated rings. The predicted molar refractivity (Wildman–Crippen MR) is 89.7 cm³/mol. The van der Waals surface area contributed by atoms with Crippen LogP contribution in [0.4, 0.5) is 5.13 Å². The molecule has 0 unspecified atom stereocenters. The zero-order valence-electron chi connectivity index (χ0n) is 12.7. The number of ketones is 1. The number of nitrogens with one attached hydrogen (secondary N) is 1. The first-order valence-corrected chi connectivity index (χ1v) is 9.03. The van der Waals surface area contributed by atoms with Gasteiger partial charge in [-0.15, -0.1) is 21.5 Å². The standard InChI is InChI=1S/C15H19N3O2S2/c1-3-10(4-2)14-17-18-15(22-14)16-13(20)8-7-11(19)12-6-5-9-21-12/h5-6,9-10H,3-4,7-8H2,1-2H3,(H,16,18,20). The van der Waals surface area contributed by atoms with E-state index in [0.717, 1.165) is 17.8 Å². The van der Waals surface area contributed by atoms with E-state index < -0.39 is 0 Å². The number of aromatic nitrogens is 2. The van der Waals surface area contributed by atoms with Gasteiger partial charge in [-0.2, -0.15) is 0 Å². The highest BCUT2D eigenvalue weighted by molar-refractivity contribution is 7.15.